The third-order valence-corrected chi connectivity index (χ3v) is 2.74. The van der Waals surface area contributed by atoms with Crippen LogP contribution in [0.3, 0.4) is 0 Å². The average Bonchev–Trinajstić information content (AvgIpc) is 3.05. The molecule has 1 fully saturated rings. The van der Waals surface area contributed by atoms with Gasteiger partial charge in [-0.05, 0) is 32.0 Å². The Morgan fingerprint density at radius 1 is 1.59 bits per heavy atom. The zero-order valence-corrected chi connectivity index (χ0v) is 10.2. The van der Waals surface area contributed by atoms with Gasteiger partial charge in [-0.3, -0.25) is 4.79 Å². The molecule has 1 aromatic carbocycles. The molecular formula is C12H13ClFNO2. The van der Waals surface area contributed by atoms with Crippen molar-refractivity contribution in [2.24, 2.45) is 0 Å². The Bertz CT molecular complexity index is 446. The van der Waals surface area contributed by atoms with E-state index in [0.29, 0.717) is 5.75 Å². The molecule has 1 aromatic rings. The highest BCUT2D eigenvalue weighted by molar-refractivity contribution is 6.32. The van der Waals surface area contributed by atoms with Crippen molar-refractivity contribution in [2.75, 3.05) is 13.6 Å². The molecule has 92 valence electrons. The van der Waals surface area contributed by atoms with Gasteiger partial charge in [0.25, 0.3) is 0 Å². The van der Waals surface area contributed by atoms with Crippen molar-refractivity contribution >= 4 is 17.4 Å². The van der Waals surface area contributed by atoms with E-state index in [1.165, 1.54) is 6.07 Å². The number of carbonyl (C=O) groups excluding carboxylic acids is 1. The number of nitrogens with one attached hydrogen (secondary N) is 1. The van der Waals surface area contributed by atoms with E-state index in [4.69, 9.17) is 16.3 Å². The minimum atomic E-state index is -0.530. The van der Waals surface area contributed by atoms with Crippen molar-refractivity contribution in [3.63, 3.8) is 0 Å². The number of hydrogen-bond donors (Lipinski definition) is 1. The lowest BCUT2D eigenvalue weighted by Gasteiger charge is -2.12. The van der Waals surface area contributed by atoms with E-state index in [9.17, 15) is 9.18 Å². The van der Waals surface area contributed by atoms with Crippen molar-refractivity contribution in [3.8, 4) is 5.75 Å². The van der Waals surface area contributed by atoms with Crippen LogP contribution >= 0.6 is 11.6 Å². The van der Waals surface area contributed by atoms with Gasteiger partial charge in [0.1, 0.15) is 11.6 Å². The molecule has 0 unspecified atom stereocenters. The summed E-state index contributed by atoms with van der Waals surface area (Å²) in [5.41, 5.74) is 0.205. The summed E-state index contributed by atoms with van der Waals surface area (Å²) in [4.78, 5) is 11.8. The van der Waals surface area contributed by atoms with Gasteiger partial charge < -0.3 is 10.1 Å². The molecule has 0 bridgehead atoms. The van der Waals surface area contributed by atoms with Crippen LogP contribution in [0.25, 0.3) is 0 Å². The van der Waals surface area contributed by atoms with E-state index in [0.717, 1.165) is 18.9 Å². The molecule has 0 heterocycles. The molecule has 17 heavy (non-hydrogen) atoms. The maximum absolute atomic E-state index is 13.2. The second-order valence-electron chi connectivity index (χ2n) is 4.04. The average molecular weight is 258 g/mol. The second kappa shape index (κ2) is 5.02. The third-order valence-electron chi connectivity index (χ3n) is 2.46. The van der Waals surface area contributed by atoms with Crippen LogP contribution in [0.15, 0.2) is 12.1 Å². The van der Waals surface area contributed by atoms with E-state index < -0.39 is 5.82 Å². The maximum Gasteiger partial charge on any atom is 0.180 e. The number of ether oxygens (including phenoxy) is 1. The van der Waals surface area contributed by atoms with Gasteiger partial charge in [0, 0.05) is 0 Å². The van der Waals surface area contributed by atoms with Crippen molar-refractivity contribution in [1.82, 2.24) is 5.32 Å². The maximum atomic E-state index is 13.2. The number of carbonyl (C=O) groups is 1. The summed E-state index contributed by atoms with van der Waals surface area (Å²) in [6, 6.07) is 2.33. The zero-order valence-electron chi connectivity index (χ0n) is 9.43. The highest BCUT2D eigenvalue weighted by Crippen LogP contribution is 2.35. The van der Waals surface area contributed by atoms with Gasteiger partial charge in [-0.1, -0.05) is 11.6 Å². The number of rotatable bonds is 5. The molecule has 0 radical (unpaired) electrons. The van der Waals surface area contributed by atoms with Crippen LogP contribution in [0.4, 0.5) is 4.39 Å². The number of benzene rings is 1. The molecule has 1 aliphatic carbocycles. The van der Waals surface area contributed by atoms with E-state index in [2.05, 4.69) is 5.32 Å². The van der Waals surface area contributed by atoms with Crippen LogP contribution in [0.1, 0.15) is 23.2 Å². The summed E-state index contributed by atoms with van der Waals surface area (Å²) in [6.07, 6.45) is 2.01. The Balaban J connectivity index is 2.34. The van der Waals surface area contributed by atoms with Crippen molar-refractivity contribution < 1.29 is 13.9 Å². The highest BCUT2D eigenvalue weighted by atomic mass is 35.5. The first-order valence-corrected chi connectivity index (χ1v) is 5.83. The third kappa shape index (κ3) is 2.96. The number of ketones is 1. The predicted molar refractivity (Wildman–Crippen MR) is 63.3 cm³/mol. The first kappa shape index (κ1) is 12.3. The van der Waals surface area contributed by atoms with E-state index in [-0.39, 0.29) is 29.0 Å². The van der Waals surface area contributed by atoms with Gasteiger partial charge in [0.15, 0.2) is 5.78 Å². The number of hydrogen-bond acceptors (Lipinski definition) is 3. The van der Waals surface area contributed by atoms with Crippen LogP contribution in [-0.4, -0.2) is 25.5 Å². The van der Waals surface area contributed by atoms with Gasteiger partial charge in [0.05, 0.1) is 23.2 Å². The molecule has 0 amide bonds. The normalized spacial score (nSPS) is 14.8. The summed E-state index contributed by atoms with van der Waals surface area (Å²) >= 11 is 5.91. The molecule has 3 nitrogen and oxygen atoms in total. The number of halogens is 2. The second-order valence-corrected chi connectivity index (χ2v) is 4.44. The Labute approximate surface area is 104 Å². The summed E-state index contributed by atoms with van der Waals surface area (Å²) in [5, 5.41) is 2.88. The quantitative estimate of drug-likeness (QED) is 0.824. The molecule has 0 aliphatic heterocycles. The molecule has 1 saturated carbocycles. The van der Waals surface area contributed by atoms with Crippen LogP contribution in [0.2, 0.25) is 5.02 Å². The molecule has 0 saturated heterocycles. The van der Waals surface area contributed by atoms with Crippen LogP contribution < -0.4 is 10.1 Å². The largest absolute Gasteiger partial charge is 0.488 e. The highest BCUT2D eigenvalue weighted by Gasteiger charge is 2.27. The van der Waals surface area contributed by atoms with Gasteiger partial charge in [-0.2, -0.15) is 0 Å². The molecule has 2 rings (SSSR count). The van der Waals surface area contributed by atoms with Gasteiger partial charge in [-0.25, -0.2) is 4.39 Å². The van der Waals surface area contributed by atoms with Crippen molar-refractivity contribution in [1.29, 1.82) is 0 Å². The summed E-state index contributed by atoms with van der Waals surface area (Å²) in [7, 11) is 1.65. The SMILES string of the molecule is CNCC(=O)c1cc(F)cc(Cl)c1OC1CC1. The Hall–Kier alpha value is -1.13. The molecule has 5 heteroatoms. The Kier molecular flexibility index (Phi) is 3.64. The predicted octanol–water partition coefficient (Wildman–Crippen LogP) is 2.42. The van der Waals surface area contributed by atoms with Crippen molar-refractivity contribution in [2.45, 2.75) is 18.9 Å². The molecule has 0 atom stereocenters. The lowest BCUT2D eigenvalue weighted by Crippen LogP contribution is -2.20. The van der Waals surface area contributed by atoms with Crippen LogP contribution in [-0.2, 0) is 0 Å². The molecule has 0 spiro atoms. The lowest BCUT2D eigenvalue weighted by molar-refractivity contribution is 0.0989. The smallest absolute Gasteiger partial charge is 0.180 e. The standard InChI is InChI=1S/C12H13ClFNO2/c1-15-6-11(16)9-4-7(14)5-10(13)12(9)17-8-2-3-8/h4-5,8,15H,2-3,6H2,1H3. The monoisotopic (exact) mass is 257 g/mol. The molecule has 1 N–H and O–H groups in total. The topological polar surface area (TPSA) is 38.3 Å². The summed E-state index contributed by atoms with van der Waals surface area (Å²) in [5.74, 6) is -0.460. The minimum absolute atomic E-state index is 0.110. The Morgan fingerprint density at radius 2 is 2.29 bits per heavy atom. The van der Waals surface area contributed by atoms with Crippen LogP contribution in [0.5, 0.6) is 5.75 Å². The van der Waals surface area contributed by atoms with Gasteiger partial charge in [0.2, 0.25) is 0 Å². The fraction of sp³-hybridized carbons (Fsp3) is 0.417. The summed E-state index contributed by atoms with van der Waals surface area (Å²) < 4.78 is 18.8. The molecule has 1 aliphatic rings. The number of likely N-dealkylation sites (N-methyl/N-ethyl adjacent to an activating group) is 1. The first-order chi connectivity index (χ1) is 8.11. The van der Waals surface area contributed by atoms with E-state index >= 15 is 0 Å². The number of Topliss-reactive ketones (excluding diaryl/α,β-unsaturated/α-hetero) is 1. The summed E-state index contributed by atoms with van der Waals surface area (Å²) in [6.45, 7) is 0.126. The Morgan fingerprint density at radius 3 is 2.88 bits per heavy atom. The molecular weight excluding hydrogens is 245 g/mol. The minimum Gasteiger partial charge on any atom is -0.488 e. The zero-order chi connectivity index (χ0) is 12.4. The lowest BCUT2D eigenvalue weighted by atomic mass is 10.1. The van der Waals surface area contributed by atoms with Crippen molar-refractivity contribution in [3.05, 3.63) is 28.5 Å². The fourth-order valence-electron chi connectivity index (χ4n) is 1.50. The van der Waals surface area contributed by atoms with E-state index in [1.807, 2.05) is 0 Å². The fourth-order valence-corrected chi connectivity index (χ4v) is 1.75. The van der Waals surface area contributed by atoms with Gasteiger partial charge >= 0.3 is 0 Å². The van der Waals surface area contributed by atoms with Crippen LogP contribution in [0, 0.1) is 5.82 Å². The van der Waals surface area contributed by atoms with E-state index in [1.54, 1.807) is 7.05 Å². The molecule has 0 aromatic heterocycles. The van der Waals surface area contributed by atoms with Gasteiger partial charge in [-0.15, -0.1) is 0 Å². The first-order valence-electron chi connectivity index (χ1n) is 5.45.